The van der Waals surface area contributed by atoms with Gasteiger partial charge in [0.1, 0.15) is 11.5 Å². The summed E-state index contributed by atoms with van der Waals surface area (Å²) in [6.45, 7) is 4.67. The molecule has 0 heterocycles. The second-order valence-electron chi connectivity index (χ2n) is 4.36. The van der Waals surface area contributed by atoms with Crippen LogP contribution in [-0.2, 0) is 0 Å². The van der Waals surface area contributed by atoms with Gasteiger partial charge in [-0.1, -0.05) is 29.8 Å². The molecule has 1 aromatic rings. The van der Waals surface area contributed by atoms with Gasteiger partial charge in [0.2, 0.25) is 0 Å². The average Bonchev–Trinajstić information content (AvgIpc) is 2.38. The number of halogens is 1. The molecule has 0 fully saturated rings. The molecule has 0 aromatic heterocycles. The summed E-state index contributed by atoms with van der Waals surface area (Å²) in [4.78, 5) is 14.3. The van der Waals surface area contributed by atoms with Gasteiger partial charge in [-0.2, -0.15) is 0 Å². The van der Waals surface area contributed by atoms with Crippen molar-refractivity contribution in [2.24, 2.45) is 0 Å². The maximum atomic E-state index is 12.5. The molecule has 106 valence electrons. The third-order valence-electron chi connectivity index (χ3n) is 3.18. The van der Waals surface area contributed by atoms with Crippen molar-refractivity contribution in [2.75, 3.05) is 11.9 Å². The number of rotatable bonds is 6. The minimum Gasteiger partial charge on any atom is -0.508 e. The summed E-state index contributed by atoms with van der Waals surface area (Å²) in [5.74, 6) is -0.440. The van der Waals surface area contributed by atoms with Crippen LogP contribution in [-0.4, -0.2) is 38.9 Å². The molecule has 0 saturated heterocycles. The number of carbonyl (C=O) groups excluding carboxylic acids is 1. The molecule has 1 amide bonds. The van der Waals surface area contributed by atoms with E-state index in [-0.39, 0.29) is 29.0 Å². The summed E-state index contributed by atoms with van der Waals surface area (Å²) >= 11 is 3.35. The van der Waals surface area contributed by atoms with Gasteiger partial charge in [-0.3, -0.25) is 4.79 Å². The van der Waals surface area contributed by atoms with Crippen molar-refractivity contribution in [1.29, 1.82) is 0 Å². The van der Waals surface area contributed by atoms with Crippen LogP contribution in [0.25, 0.3) is 0 Å². The Morgan fingerprint density at radius 1 is 1.32 bits per heavy atom. The Hall–Kier alpha value is -1.23. The lowest BCUT2D eigenvalue weighted by molar-refractivity contribution is 0.0680. The Bertz CT molecular complexity index is 433. The van der Waals surface area contributed by atoms with Gasteiger partial charge in [0.25, 0.3) is 5.91 Å². The summed E-state index contributed by atoms with van der Waals surface area (Å²) in [5.41, 5.74) is 0.227. The number of benzene rings is 1. The van der Waals surface area contributed by atoms with Crippen LogP contribution in [0.2, 0.25) is 0 Å². The van der Waals surface area contributed by atoms with Crippen molar-refractivity contribution in [1.82, 2.24) is 4.90 Å². The van der Waals surface area contributed by atoms with Gasteiger partial charge in [-0.25, -0.2) is 0 Å². The van der Waals surface area contributed by atoms with E-state index in [2.05, 4.69) is 15.9 Å². The maximum absolute atomic E-state index is 12.5. The van der Waals surface area contributed by atoms with Crippen LogP contribution in [0.4, 0.5) is 0 Å². The van der Waals surface area contributed by atoms with E-state index in [4.69, 9.17) is 0 Å². The number of phenolic OH excluding ortho intramolecular Hbond substituents is 2. The van der Waals surface area contributed by atoms with Gasteiger partial charge in [0, 0.05) is 24.0 Å². The van der Waals surface area contributed by atoms with Crippen LogP contribution in [0.1, 0.15) is 37.0 Å². The van der Waals surface area contributed by atoms with E-state index in [1.54, 1.807) is 4.90 Å². The zero-order chi connectivity index (χ0) is 14.4. The number of carbonyl (C=O) groups is 1. The fourth-order valence-corrected chi connectivity index (χ4v) is 2.51. The second-order valence-corrected chi connectivity index (χ2v) is 5.15. The van der Waals surface area contributed by atoms with Crippen LogP contribution in [0.5, 0.6) is 11.5 Å². The molecule has 0 saturated carbocycles. The Morgan fingerprint density at radius 3 is 2.42 bits per heavy atom. The fourth-order valence-electron chi connectivity index (χ4n) is 2.13. The van der Waals surface area contributed by atoms with Crippen LogP contribution < -0.4 is 0 Å². The molecule has 4 nitrogen and oxygen atoms in total. The highest BCUT2D eigenvalue weighted by Crippen LogP contribution is 2.25. The van der Waals surface area contributed by atoms with E-state index in [9.17, 15) is 15.0 Å². The number of amides is 1. The Morgan fingerprint density at radius 2 is 1.95 bits per heavy atom. The van der Waals surface area contributed by atoms with Gasteiger partial charge in [-0.15, -0.1) is 0 Å². The summed E-state index contributed by atoms with van der Waals surface area (Å²) in [5, 5.41) is 19.7. The van der Waals surface area contributed by atoms with Crippen molar-refractivity contribution in [3.8, 4) is 11.5 Å². The highest BCUT2D eigenvalue weighted by molar-refractivity contribution is 9.09. The third kappa shape index (κ3) is 3.86. The Labute approximate surface area is 122 Å². The molecule has 0 atom stereocenters. The number of hydrogen-bond donors (Lipinski definition) is 2. The first-order valence-corrected chi connectivity index (χ1v) is 7.56. The Balaban J connectivity index is 3.04. The molecule has 19 heavy (non-hydrogen) atoms. The lowest BCUT2D eigenvalue weighted by Crippen LogP contribution is -2.41. The van der Waals surface area contributed by atoms with Crippen LogP contribution in [0.3, 0.4) is 0 Å². The maximum Gasteiger partial charge on any atom is 0.257 e. The molecule has 0 aliphatic heterocycles. The van der Waals surface area contributed by atoms with Crippen molar-refractivity contribution in [3.05, 3.63) is 23.8 Å². The molecule has 0 unspecified atom stereocenters. The highest BCUT2D eigenvalue weighted by Gasteiger charge is 2.23. The second kappa shape index (κ2) is 7.38. The predicted octanol–water partition coefficient (Wildman–Crippen LogP) is 3.12. The van der Waals surface area contributed by atoms with Crippen LogP contribution in [0.15, 0.2) is 18.2 Å². The topological polar surface area (TPSA) is 60.8 Å². The summed E-state index contributed by atoms with van der Waals surface area (Å²) in [7, 11) is 0. The van der Waals surface area contributed by atoms with Gasteiger partial charge in [0.05, 0.1) is 5.56 Å². The molecule has 5 heteroatoms. The predicted molar refractivity (Wildman–Crippen MR) is 79.0 cm³/mol. The number of nitrogens with zero attached hydrogens (tertiary/aromatic N) is 1. The molecule has 0 aliphatic carbocycles. The smallest absolute Gasteiger partial charge is 0.257 e. The first kappa shape index (κ1) is 15.8. The summed E-state index contributed by atoms with van der Waals surface area (Å²) in [6, 6.07) is 4.20. The van der Waals surface area contributed by atoms with E-state index in [0.717, 1.165) is 12.8 Å². The summed E-state index contributed by atoms with van der Waals surface area (Å²) < 4.78 is 0. The van der Waals surface area contributed by atoms with E-state index in [1.807, 2.05) is 13.8 Å². The average molecular weight is 330 g/mol. The largest absolute Gasteiger partial charge is 0.508 e. The molecule has 0 radical (unpaired) electrons. The standard InChI is InChI=1S/C14H20BrNO3/c1-3-10(4-2)16(8-7-15)14(19)12-6-5-11(17)9-13(12)18/h5-6,9-10,17-18H,3-4,7-8H2,1-2H3. The third-order valence-corrected chi connectivity index (χ3v) is 3.54. The van der Waals surface area contributed by atoms with E-state index in [0.29, 0.717) is 11.9 Å². The molecule has 1 aromatic carbocycles. The molecule has 0 aliphatic rings. The number of hydrogen-bond acceptors (Lipinski definition) is 3. The van der Waals surface area contributed by atoms with Gasteiger partial charge < -0.3 is 15.1 Å². The molecular weight excluding hydrogens is 310 g/mol. The zero-order valence-electron chi connectivity index (χ0n) is 11.3. The first-order valence-electron chi connectivity index (χ1n) is 6.44. The van der Waals surface area contributed by atoms with Crippen molar-refractivity contribution >= 4 is 21.8 Å². The minimum atomic E-state index is -0.203. The normalized spacial score (nSPS) is 10.7. The fraction of sp³-hybridized carbons (Fsp3) is 0.500. The SMILES string of the molecule is CCC(CC)N(CCBr)C(=O)c1ccc(O)cc1O. The zero-order valence-corrected chi connectivity index (χ0v) is 12.9. The van der Waals surface area contributed by atoms with E-state index in [1.165, 1.54) is 18.2 Å². The number of alkyl halides is 1. The number of aromatic hydroxyl groups is 2. The quantitative estimate of drug-likeness (QED) is 0.788. The van der Waals surface area contributed by atoms with Gasteiger partial charge in [0.15, 0.2) is 0 Å². The van der Waals surface area contributed by atoms with Gasteiger partial charge >= 0.3 is 0 Å². The summed E-state index contributed by atoms with van der Waals surface area (Å²) in [6.07, 6.45) is 1.74. The lowest BCUT2D eigenvalue weighted by atomic mass is 10.1. The monoisotopic (exact) mass is 329 g/mol. The van der Waals surface area contributed by atoms with Gasteiger partial charge in [-0.05, 0) is 25.0 Å². The highest BCUT2D eigenvalue weighted by atomic mass is 79.9. The minimum absolute atomic E-state index is 0.0522. The first-order chi connectivity index (χ1) is 9.04. The van der Waals surface area contributed by atoms with E-state index >= 15 is 0 Å². The molecule has 0 bridgehead atoms. The van der Waals surface area contributed by atoms with Crippen molar-refractivity contribution < 1.29 is 15.0 Å². The molecule has 1 rings (SSSR count). The van der Waals surface area contributed by atoms with Crippen molar-refractivity contribution in [2.45, 2.75) is 32.7 Å². The lowest BCUT2D eigenvalue weighted by Gasteiger charge is -2.30. The molecule has 0 spiro atoms. The molecular formula is C14H20BrNO3. The molecule has 2 N–H and O–H groups in total. The van der Waals surface area contributed by atoms with Crippen LogP contribution in [0, 0.1) is 0 Å². The van der Waals surface area contributed by atoms with Crippen molar-refractivity contribution in [3.63, 3.8) is 0 Å². The number of phenols is 2. The van der Waals surface area contributed by atoms with Crippen LogP contribution >= 0.6 is 15.9 Å². The van der Waals surface area contributed by atoms with E-state index < -0.39 is 0 Å². The Kier molecular flexibility index (Phi) is 6.15.